The fourth-order valence-corrected chi connectivity index (χ4v) is 1.72. The number of carbonyl (C=O) groups excluding carboxylic acids is 1. The van der Waals surface area contributed by atoms with Crippen molar-refractivity contribution in [1.29, 1.82) is 0 Å². The van der Waals surface area contributed by atoms with Gasteiger partial charge in [0.15, 0.2) is 0 Å². The van der Waals surface area contributed by atoms with Crippen LogP contribution in [0.4, 0.5) is 5.69 Å². The Morgan fingerprint density at radius 3 is 2.53 bits per heavy atom. The van der Waals surface area contributed by atoms with Gasteiger partial charge in [-0.15, -0.1) is 0 Å². The third kappa shape index (κ3) is 3.79. The molecule has 1 aromatic rings. The first-order valence-electron chi connectivity index (χ1n) is 6.27. The van der Waals surface area contributed by atoms with Crippen LogP contribution in [-0.2, 0) is 4.79 Å². The topological polar surface area (TPSA) is 92.4 Å². The number of aryl methyl sites for hydroxylation is 1. The van der Waals surface area contributed by atoms with Crippen molar-refractivity contribution in [3.8, 4) is 0 Å². The summed E-state index contributed by atoms with van der Waals surface area (Å²) < 4.78 is 0. The molecule has 0 aromatic heterocycles. The number of aromatic carboxylic acids is 1. The van der Waals surface area contributed by atoms with E-state index in [0.29, 0.717) is 11.3 Å². The number of nitrogens with one attached hydrogen (secondary N) is 1. The van der Waals surface area contributed by atoms with Gasteiger partial charge in [0.1, 0.15) is 0 Å². The van der Waals surface area contributed by atoms with Crippen LogP contribution in [0.25, 0.3) is 0 Å². The molecule has 104 valence electrons. The molecule has 0 saturated carbocycles. The predicted molar refractivity (Wildman–Crippen MR) is 74.2 cm³/mol. The molecule has 0 aliphatic rings. The monoisotopic (exact) mass is 264 g/mol. The van der Waals surface area contributed by atoms with Gasteiger partial charge in [-0.05, 0) is 36.6 Å². The molecule has 4 N–H and O–H groups in total. The molecule has 0 spiro atoms. The molecule has 0 aliphatic heterocycles. The van der Waals surface area contributed by atoms with Crippen LogP contribution in [0.2, 0.25) is 0 Å². The van der Waals surface area contributed by atoms with E-state index in [-0.39, 0.29) is 17.4 Å². The Morgan fingerprint density at radius 2 is 2.05 bits per heavy atom. The molecule has 0 heterocycles. The standard InChI is InChI=1S/C14H20N2O3/c1-4-8(2)12(15)13(17)16-10-5-6-11(14(18)19)9(3)7-10/h5-8,12H,4,15H2,1-3H3,(H,16,17)(H,18,19)/t8?,12-/m0/s1. The summed E-state index contributed by atoms with van der Waals surface area (Å²) in [7, 11) is 0. The maximum absolute atomic E-state index is 11.9. The second-order valence-corrected chi connectivity index (χ2v) is 4.74. The number of benzene rings is 1. The highest BCUT2D eigenvalue weighted by Gasteiger charge is 2.19. The van der Waals surface area contributed by atoms with Gasteiger partial charge in [0, 0.05) is 5.69 Å². The zero-order valence-electron chi connectivity index (χ0n) is 11.4. The van der Waals surface area contributed by atoms with Crippen LogP contribution in [0.1, 0.15) is 36.2 Å². The lowest BCUT2D eigenvalue weighted by molar-refractivity contribution is -0.118. The van der Waals surface area contributed by atoms with Gasteiger partial charge in [-0.2, -0.15) is 0 Å². The Bertz CT molecular complexity index is 486. The summed E-state index contributed by atoms with van der Waals surface area (Å²) in [6.45, 7) is 5.58. The van der Waals surface area contributed by atoms with Gasteiger partial charge < -0.3 is 16.2 Å². The Balaban J connectivity index is 2.81. The summed E-state index contributed by atoms with van der Waals surface area (Å²) in [6, 6.07) is 4.11. The lowest BCUT2D eigenvalue weighted by atomic mass is 9.99. The van der Waals surface area contributed by atoms with Gasteiger partial charge in [0.2, 0.25) is 5.91 Å². The fraction of sp³-hybridized carbons (Fsp3) is 0.429. The van der Waals surface area contributed by atoms with E-state index < -0.39 is 12.0 Å². The Hall–Kier alpha value is -1.88. The van der Waals surface area contributed by atoms with Crippen molar-refractivity contribution in [3.63, 3.8) is 0 Å². The van der Waals surface area contributed by atoms with Gasteiger partial charge in [0.25, 0.3) is 0 Å². The van der Waals surface area contributed by atoms with E-state index in [2.05, 4.69) is 5.32 Å². The van der Waals surface area contributed by atoms with Gasteiger partial charge >= 0.3 is 5.97 Å². The molecule has 0 saturated heterocycles. The molecule has 0 aliphatic carbocycles. The van der Waals surface area contributed by atoms with Crippen molar-refractivity contribution in [2.45, 2.75) is 33.2 Å². The van der Waals surface area contributed by atoms with Crippen molar-refractivity contribution in [3.05, 3.63) is 29.3 Å². The van der Waals surface area contributed by atoms with Gasteiger partial charge in [-0.1, -0.05) is 20.3 Å². The average molecular weight is 264 g/mol. The molecule has 5 nitrogen and oxygen atoms in total. The van der Waals surface area contributed by atoms with Crippen LogP contribution >= 0.6 is 0 Å². The molecule has 0 fully saturated rings. The Labute approximate surface area is 112 Å². The predicted octanol–water partition coefficient (Wildman–Crippen LogP) is 2.01. The molecule has 1 aromatic carbocycles. The van der Waals surface area contributed by atoms with Crippen molar-refractivity contribution in [2.75, 3.05) is 5.32 Å². The van der Waals surface area contributed by atoms with E-state index >= 15 is 0 Å². The zero-order valence-corrected chi connectivity index (χ0v) is 11.4. The first-order valence-corrected chi connectivity index (χ1v) is 6.27. The maximum atomic E-state index is 11.9. The van der Waals surface area contributed by atoms with E-state index in [1.807, 2.05) is 13.8 Å². The summed E-state index contributed by atoms with van der Waals surface area (Å²) >= 11 is 0. The highest BCUT2D eigenvalue weighted by atomic mass is 16.4. The Kier molecular flexibility index (Phi) is 5.06. The number of carbonyl (C=O) groups is 2. The van der Waals surface area contributed by atoms with Crippen LogP contribution in [0.5, 0.6) is 0 Å². The van der Waals surface area contributed by atoms with Gasteiger partial charge in [-0.3, -0.25) is 4.79 Å². The van der Waals surface area contributed by atoms with Crippen molar-refractivity contribution in [1.82, 2.24) is 0 Å². The summed E-state index contributed by atoms with van der Waals surface area (Å²) in [5.74, 6) is -1.14. The number of hydrogen-bond donors (Lipinski definition) is 3. The van der Waals surface area contributed by atoms with Gasteiger partial charge in [-0.25, -0.2) is 4.79 Å². The number of hydrogen-bond acceptors (Lipinski definition) is 3. The molecule has 1 amide bonds. The van der Waals surface area contributed by atoms with Crippen LogP contribution in [0, 0.1) is 12.8 Å². The summed E-state index contributed by atoms with van der Waals surface area (Å²) in [5, 5.41) is 11.6. The molecular weight excluding hydrogens is 244 g/mol. The fourth-order valence-electron chi connectivity index (χ4n) is 1.72. The normalized spacial score (nSPS) is 13.7. The summed E-state index contributed by atoms with van der Waals surface area (Å²) in [4.78, 5) is 22.8. The smallest absolute Gasteiger partial charge is 0.335 e. The number of amides is 1. The zero-order chi connectivity index (χ0) is 14.6. The molecule has 5 heteroatoms. The molecule has 19 heavy (non-hydrogen) atoms. The highest BCUT2D eigenvalue weighted by Crippen LogP contribution is 2.16. The Morgan fingerprint density at radius 1 is 1.42 bits per heavy atom. The van der Waals surface area contributed by atoms with Crippen molar-refractivity contribution in [2.24, 2.45) is 11.7 Å². The highest BCUT2D eigenvalue weighted by molar-refractivity contribution is 5.96. The molecular formula is C14H20N2O3. The first-order chi connectivity index (χ1) is 8.86. The lowest BCUT2D eigenvalue weighted by Crippen LogP contribution is -2.40. The number of nitrogens with two attached hydrogens (primary N) is 1. The SMILES string of the molecule is CCC(C)[C@H](N)C(=O)Nc1ccc(C(=O)O)c(C)c1. The van der Waals surface area contributed by atoms with E-state index in [0.717, 1.165) is 6.42 Å². The first kappa shape index (κ1) is 15.2. The van der Waals surface area contributed by atoms with Crippen LogP contribution in [0.3, 0.4) is 0 Å². The lowest BCUT2D eigenvalue weighted by Gasteiger charge is -2.18. The number of carboxylic acid groups (broad SMARTS) is 1. The summed E-state index contributed by atoms with van der Waals surface area (Å²) in [5.41, 5.74) is 7.22. The third-order valence-corrected chi connectivity index (χ3v) is 3.28. The number of anilines is 1. The molecule has 0 bridgehead atoms. The second-order valence-electron chi connectivity index (χ2n) is 4.74. The summed E-state index contributed by atoms with van der Waals surface area (Å²) in [6.07, 6.45) is 0.825. The number of carboxylic acids is 1. The minimum Gasteiger partial charge on any atom is -0.478 e. The van der Waals surface area contributed by atoms with Crippen LogP contribution in [-0.4, -0.2) is 23.0 Å². The average Bonchev–Trinajstić information content (AvgIpc) is 2.36. The molecule has 1 unspecified atom stereocenters. The van der Waals surface area contributed by atoms with E-state index in [1.54, 1.807) is 19.1 Å². The van der Waals surface area contributed by atoms with Gasteiger partial charge in [0.05, 0.1) is 11.6 Å². The largest absolute Gasteiger partial charge is 0.478 e. The van der Waals surface area contributed by atoms with Crippen LogP contribution in [0.15, 0.2) is 18.2 Å². The third-order valence-electron chi connectivity index (χ3n) is 3.28. The maximum Gasteiger partial charge on any atom is 0.335 e. The molecule has 0 radical (unpaired) electrons. The van der Waals surface area contributed by atoms with E-state index in [4.69, 9.17) is 10.8 Å². The minimum atomic E-state index is -0.980. The number of rotatable bonds is 5. The molecule has 1 rings (SSSR count). The van der Waals surface area contributed by atoms with E-state index in [9.17, 15) is 9.59 Å². The van der Waals surface area contributed by atoms with Crippen molar-refractivity contribution >= 4 is 17.6 Å². The van der Waals surface area contributed by atoms with Crippen LogP contribution < -0.4 is 11.1 Å². The second kappa shape index (κ2) is 6.33. The minimum absolute atomic E-state index is 0.0967. The van der Waals surface area contributed by atoms with E-state index in [1.165, 1.54) is 6.07 Å². The quantitative estimate of drug-likeness (QED) is 0.758. The van der Waals surface area contributed by atoms with Crippen molar-refractivity contribution < 1.29 is 14.7 Å². The molecule has 2 atom stereocenters.